The predicted molar refractivity (Wildman–Crippen MR) is 120 cm³/mol. The van der Waals surface area contributed by atoms with Crippen LogP contribution in [0.3, 0.4) is 0 Å². The van der Waals surface area contributed by atoms with Crippen LogP contribution in [0, 0.1) is 11.3 Å². The minimum absolute atomic E-state index is 0.0274. The van der Waals surface area contributed by atoms with Crippen molar-refractivity contribution in [1.82, 2.24) is 20.0 Å². The Bertz CT molecular complexity index is 1140. The summed E-state index contributed by atoms with van der Waals surface area (Å²) in [6.07, 6.45) is 7.04. The Morgan fingerprint density at radius 3 is 2.97 bits per heavy atom. The zero-order chi connectivity index (χ0) is 21.9. The number of nitrogens with one attached hydrogen (secondary N) is 1. The third-order valence-electron chi connectivity index (χ3n) is 6.21. The molecule has 1 saturated heterocycles. The summed E-state index contributed by atoms with van der Waals surface area (Å²) in [4.78, 5) is 24.9. The summed E-state index contributed by atoms with van der Waals surface area (Å²) in [5, 5.41) is 17.3. The van der Waals surface area contributed by atoms with Crippen molar-refractivity contribution < 1.29 is 9.32 Å². The maximum Gasteiger partial charge on any atom is 0.230 e. The van der Waals surface area contributed by atoms with Gasteiger partial charge in [0.2, 0.25) is 17.6 Å². The fraction of sp³-hybridized carbons (Fsp3) is 0.435. The Kier molecular flexibility index (Phi) is 5.97. The van der Waals surface area contributed by atoms with Crippen LogP contribution in [0.15, 0.2) is 28.9 Å². The number of carbonyl (C=O) groups is 1. The van der Waals surface area contributed by atoms with Crippen molar-refractivity contribution in [1.29, 1.82) is 5.26 Å². The van der Waals surface area contributed by atoms with Gasteiger partial charge < -0.3 is 14.7 Å². The average Bonchev–Trinajstić information content (AvgIpc) is 3.55. The number of carbonyl (C=O) groups excluding carboxylic acids is 1. The molecule has 0 unspecified atom stereocenters. The SMILES string of the molecule is N#Cc1c(NC(=O)CCN2CCC(c3nc(-c4ccccn4)no3)CC2)sc2c1CCC2. The van der Waals surface area contributed by atoms with Crippen molar-refractivity contribution in [3.63, 3.8) is 0 Å². The topological polar surface area (TPSA) is 108 Å². The number of aromatic nitrogens is 3. The molecule has 5 rings (SSSR count). The highest BCUT2D eigenvalue weighted by Crippen LogP contribution is 2.38. The first kappa shape index (κ1) is 20.8. The fourth-order valence-corrected chi connectivity index (χ4v) is 5.72. The third-order valence-corrected chi connectivity index (χ3v) is 7.42. The van der Waals surface area contributed by atoms with Crippen LogP contribution in [-0.2, 0) is 17.6 Å². The van der Waals surface area contributed by atoms with Crippen molar-refractivity contribution >= 4 is 22.2 Å². The summed E-state index contributed by atoms with van der Waals surface area (Å²) in [5.74, 6) is 1.39. The maximum atomic E-state index is 12.5. The molecular weight excluding hydrogens is 424 g/mol. The highest BCUT2D eigenvalue weighted by atomic mass is 32.1. The van der Waals surface area contributed by atoms with Crippen molar-refractivity contribution in [2.45, 2.75) is 44.4 Å². The number of piperidine rings is 1. The molecular formula is C23H24N6O2S. The van der Waals surface area contributed by atoms with Gasteiger partial charge in [0.15, 0.2) is 0 Å². The van der Waals surface area contributed by atoms with Crippen LogP contribution in [0.4, 0.5) is 5.00 Å². The lowest BCUT2D eigenvalue weighted by atomic mass is 9.96. The summed E-state index contributed by atoms with van der Waals surface area (Å²) >= 11 is 1.57. The molecule has 164 valence electrons. The van der Waals surface area contributed by atoms with E-state index >= 15 is 0 Å². The summed E-state index contributed by atoms with van der Waals surface area (Å²) in [6.45, 7) is 2.47. The Balaban J connectivity index is 1.10. The Hall–Kier alpha value is -3.09. The lowest BCUT2D eigenvalue weighted by Crippen LogP contribution is -2.35. The van der Waals surface area contributed by atoms with E-state index in [2.05, 4.69) is 31.4 Å². The summed E-state index contributed by atoms with van der Waals surface area (Å²) in [5.41, 5.74) is 2.52. The number of hydrogen-bond donors (Lipinski definition) is 1. The van der Waals surface area contributed by atoms with E-state index in [1.165, 1.54) is 4.88 Å². The molecule has 0 radical (unpaired) electrons. The number of rotatable bonds is 6. The number of thiophene rings is 1. The number of aryl methyl sites for hydroxylation is 1. The number of fused-ring (bicyclic) bond motifs is 1. The summed E-state index contributed by atoms with van der Waals surface area (Å²) < 4.78 is 5.50. The largest absolute Gasteiger partial charge is 0.339 e. The molecule has 4 heterocycles. The maximum absolute atomic E-state index is 12.5. The molecule has 9 heteroatoms. The lowest BCUT2D eigenvalue weighted by molar-refractivity contribution is -0.116. The van der Waals surface area contributed by atoms with E-state index in [-0.39, 0.29) is 11.8 Å². The molecule has 1 fully saturated rings. The summed E-state index contributed by atoms with van der Waals surface area (Å²) in [7, 11) is 0. The van der Waals surface area contributed by atoms with Gasteiger partial charge in [-0.15, -0.1) is 11.3 Å². The van der Waals surface area contributed by atoms with Crippen LogP contribution >= 0.6 is 11.3 Å². The fourth-order valence-electron chi connectivity index (χ4n) is 4.46. The van der Waals surface area contributed by atoms with Gasteiger partial charge in [-0.25, -0.2) is 0 Å². The first-order valence-corrected chi connectivity index (χ1v) is 11.8. The van der Waals surface area contributed by atoms with Crippen molar-refractivity contribution in [3.8, 4) is 17.6 Å². The second kappa shape index (κ2) is 9.18. The van der Waals surface area contributed by atoms with Crippen LogP contribution in [-0.4, -0.2) is 45.6 Å². The molecule has 0 saturated carbocycles. The molecule has 0 aromatic carbocycles. The molecule has 1 N–H and O–H groups in total. The molecule has 2 aliphatic rings. The lowest BCUT2D eigenvalue weighted by Gasteiger charge is -2.29. The van der Waals surface area contributed by atoms with E-state index in [1.54, 1.807) is 17.5 Å². The van der Waals surface area contributed by atoms with Gasteiger partial charge in [0, 0.05) is 30.0 Å². The first-order chi connectivity index (χ1) is 15.7. The van der Waals surface area contributed by atoms with Gasteiger partial charge in [-0.2, -0.15) is 10.2 Å². The number of nitrogens with zero attached hydrogens (tertiary/aromatic N) is 5. The molecule has 8 nitrogen and oxygen atoms in total. The molecule has 1 amide bonds. The van der Waals surface area contributed by atoms with E-state index in [9.17, 15) is 10.1 Å². The minimum Gasteiger partial charge on any atom is -0.339 e. The van der Waals surface area contributed by atoms with Gasteiger partial charge in [-0.05, 0) is 62.9 Å². The monoisotopic (exact) mass is 448 g/mol. The highest BCUT2D eigenvalue weighted by Gasteiger charge is 2.26. The smallest absolute Gasteiger partial charge is 0.230 e. The van der Waals surface area contributed by atoms with E-state index < -0.39 is 0 Å². The standard InChI is InChI=1S/C23H24N6O2S/c24-14-17-16-4-3-6-19(16)32-23(17)26-20(30)9-13-29-11-7-15(8-12-29)22-27-21(28-31-22)18-5-1-2-10-25-18/h1-2,5,10,15H,3-4,6-9,11-13H2,(H,26,30). The average molecular weight is 449 g/mol. The summed E-state index contributed by atoms with van der Waals surface area (Å²) in [6, 6.07) is 7.91. The molecule has 0 bridgehead atoms. The van der Waals surface area contributed by atoms with Crippen LogP contribution in [0.5, 0.6) is 0 Å². The molecule has 1 aliphatic carbocycles. The number of pyridine rings is 1. The second-order valence-corrected chi connectivity index (χ2v) is 9.36. The number of hydrogen-bond acceptors (Lipinski definition) is 8. The van der Waals surface area contributed by atoms with Crippen LogP contribution in [0.1, 0.15) is 53.5 Å². The molecule has 3 aromatic heterocycles. The quantitative estimate of drug-likeness (QED) is 0.612. The zero-order valence-electron chi connectivity index (χ0n) is 17.7. The Morgan fingerprint density at radius 1 is 1.31 bits per heavy atom. The Labute approximate surface area is 190 Å². The number of nitriles is 1. The van der Waals surface area contributed by atoms with Gasteiger partial charge >= 0.3 is 0 Å². The number of likely N-dealkylation sites (tertiary alicyclic amines) is 1. The van der Waals surface area contributed by atoms with Crippen molar-refractivity contribution in [2.24, 2.45) is 0 Å². The van der Waals surface area contributed by atoms with Crippen LogP contribution < -0.4 is 5.32 Å². The highest BCUT2D eigenvalue weighted by molar-refractivity contribution is 7.16. The zero-order valence-corrected chi connectivity index (χ0v) is 18.5. The Morgan fingerprint density at radius 2 is 2.19 bits per heavy atom. The van der Waals surface area contributed by atoms with Crippen LogP contribution in [0.2, 0.25) is 0 Å². The van der Waals surface area contributed by atoms with E-state index in [0.29, 0.717) is 35.9 Å². The van der Waals surface area contributed by atoms with Crippen molar-refractivity contribution in [2.75, 3.05) is 25.0 Å². The van der Waals surface area contributed by atoms with Gasteiger partial charge in [-0.3, -0.25) is 9.78 Å². The first-order valence-electron chi connectivity index (χ1n) is 11.0. The molecule has 1 aliphatic heterocycles. The van der Waals surface area contributed by atoms with Gasteiger partial charge in [0.25, 0.3) is 0 Å². The van der Waals surface area contributed by atoms with Gasteiger partial charge in [-0.1, -0.05) is 11.2 Å². The number of amides is 1. The van der Waals surface area contributed by atoms with E-state index in [1.807, 2.05) is 18.2 Å². The number of anilines is 1. The molecule has 0 spiro atoms. The molecule has 32 heavy (non-hydrogen) atoms. The van der Waals surface area contributed by atoms with Crippen molar-refractivity contribution in [3.05, 3.63) is 46.3 Å². The molecule has 0 atom stereocenters. The third kappa shape index (κ3) is 4.29. The normalized spacial score (nSPS) is 16.6. The minimum atomic E-state index is -0.0274. The molecule has 3 aromatic rings. The van der Waals surface area contributed by atoms with E-state index in [4.69, 9.17) is 4.52 Å². The van der Waals surface area contributed by atoms with Gasteiger partial charge in [0.1, 0.15) is 16.8 Å². The predicted octanol–water partition coefficient (Wildman–Crippen LogP) is 3.76. The van der Waals surface area contributed by atoms with E-state index in [0.717, 1.165) is 55.8 Å². The second-order valence-electron chi connectivity index (χ2n) is 8.26. The van der Waals surface area contributed by atoms with Gasteiger partial charge in [0.05, 0.1) is 5.56 Å². The van der Waals surface area contributed by atoms with Crippen LogP contribution in [0.25, 0.3) is 11.5 Å².